The van der Waals surface area contributed by atoms with Gasteiger partial charge in [-0.15, -0.1) is 0 Å². The standard InChI is InChI=1S/C22H45NO5/c24-19-16-23(17-20-25,18-21-26)15-13-11-9-7-5-3-1-2-4-6-8-10-12-14-22(27)28/h24-26H,1-21H2. The fraction of sp³-hybridized carbons (Fsp3) is 0.955. The Bertz CT molecular complexity index is 335. The summed E-state index contributed by atoms with van der Waals surface area (Å²) in [4.78, 5) is 10.3. The minimum Gasteiger partial charge on any atom is -0.550 e. The molecular formula is C22H45NO5. The number of hydrogen-bond acceptors (Lipinski definition) is 5. The quantitative estimate of drug-likeness (QED) is 0.190. The van der Waals surface area contributed by atoms with Gasteiger partial charge in [0.1, 0.15) is 19.6 Å². The summed E-state index contributed by atoms with van der Waals surface area (Å²) in [6.07, 6.45) is 15.5. The molecule has 0 aliphatic carbocycles. The number of carbonyl (C=O) groups excluding carboxylic acids is 1. The van der Waals surface area contributed by atoms with Gasteiger partial charge in [0.15, 0.2) is 0 Å². The van der Waals surface area contributed by atoms with Gasteiger partial charge < -0.3 is 29.7 Å². The van der Waals surface area contributed by atoms with Crippen LogP contribution in [0.4, 0.5) is 0 Å². The highest BCUT2D eigenvalue weighted by atomic mass is 16.4. The zero-order chi connectivity index (χ0) is 20.9. The highest BCUT2D eigenvalue weighted by Gasteiger charge is 2.25. The summed E-state index contributed by atoms with van der Waals surface area (Å²) in [6.45, 7) is 3.04. The number of nitrogens with zero attached hydrogens (tertiary/aromatic N) is 1. The van der Waals surface area contributed by atoms with E-state index >= 15 is 0 Å². The van der Waals surface area contributed by atoms with Gasteiger partial charge in [-0.1, -0.05) is 64.2 Å². The normalized spacial score (nSPS) is 11.8. The lowest BCUT2D eigenvalue weighted by atomic mass is 10.0. The largest absolute Gasteiger partial charge is 0.550 e. The molecule has 0 rings (SSSR count). The molecule has 0 aromatic heterocycles. The van der Waals surface area contributed by atoms with E-state index in [9.17, 15) is 25.2 Å². The van der Waals surface area contributed by atoms with Gasteiger partial charge in [0.2, 0.25) is 0 Å². The van der Waals surface area contributed by atoms with Gasteiger partial charge in [-0.05, 0) is 25.7 Å². The van der Waals surface area contributed by atoms with Crippen molar-refractivity contribution in [3.8, 4) is 0 Å². The van der Waals surface area contributed by atoms with Gasteiger partial charge in [0.25, 0.3) is 0 Å². The van der Waals surface area contributed by atoms with E-state index in [0.29, 0.717) is 24.1 Å². The van der Waals surface area contributed by atoms with Crippen molar-refractivity contribution in [2.24, 2.45) is 0 Å². The summed E-state index contributed by atoms with van der Waals surface area (Å²) in [7, 11) is 0. The number of aliphatic carboxylic acids is 1. The number of aliphatic hydroxyl groups excluding tert-OH is 3. The summed E-state index contributed by atoms with van der Waals surface area (Å²) < 4.78 is 0.622. The van der Waals surface area contributed by atoms with Crippen LogP contribution in [-0.4, -0.2) is 71.8 Å². The Kier molecular flexibility index (Phi) is 19.1. The van der Waals surface area contributed by atoms with Crippen LogP contribution in [0.25, 0.3) is 0 Å². The molecule has 3 N–H and O–H groups in total. The van der Waals surface area contributed by atoms with Crippen molar-refractivity contribution in [2.75, 3.05) is 46.0 Å². The second kappa shape index (κ2) is 19.6. The first-order chi connectivity index (χ1) is 13.6. The zero-order valence-electron chi connectivity index (χ0n) is 18.0. The number of carboxylic acid groups (broad SMARTS) is 1. The van der Waals surface area contributed by atoms with Gasteiger partial charge in [-0.3, -0.25) is 0 Å². The molecule has 0 aromatic rings. The van der Waals surface area contributed by atoms with Gasteiger partial charge in [-0.2, -0.15) is 0 Å². The number of aliphatic hydroxyl groups is 3. The van der Waals surface area contributed by atoms with Crippen molar-refractivity contribution >= 4 is 5.97 Å². The molecule has 0 aromatic carbocycles. The highest BCUT2D eigenvalue weighted by molar-refractivity contribution is 5.63. The van der Waals surface area contributed by atoms with Crippen molar-refractivity contribution < 1.29 is 29.7 Å². The van der Waals surface area contributed by atoms with Crippen LogP contribution in [0.1, 0.15) is 89.9 Å². The Labute approximate surface area is 172 Å². The van der Waals surface area contributed by atoms with Crippen LogP contribution in [0.3, 0.4) is 0 Å². The average molecular weight is 404 g/mol. The van der Waals surface area contributed by atoms with Crippen LogP contribution >= 0.6 is 0 Å². The molecule has 6 nitrogen and oxygen atoms in total. The Morgan fingerprint density at radius 1 is 0.536 bits per heavy atom. The average Bonchev–Trinajstić information content (AvgIpc) is 2.65. The zero-order valence-corrected chi connectivity index (χ0v) is 18.0. The van der Waals surface area contributed by atoms with Gasteiger partial charge in [0, 0.05) is 5.97 Å². The van der Waals surface area contributed by atoms with Gasteiger partial charge in [-0.25, -0.2) is 0 Å². The number of carbonyl (C=O) groups is 1. The van der Waals surface area contributed by atoms with Crippen molar-refractivity contribution in [3.63, 3.8) is 0 Å². The van der Waals surface area contributed by atoms with Crippen LogP contribution in [0.15, 0.2) is 0 Å². The van der Waals surface area contributed by atoms with Crippen LogP contribution in [0, 0.1) is 0 Å². The van der Waals surface area contributed by atoms with E-state index in [2.05, 4.69) is 0 Å². The molecular weight excluding hydrogens is 358 g/mol. The lowest BCUT2D eigenvalue weighted by Crippen LogP contribution is -2.53. The molecule has 0 bridgehead atoms. The van der Waals surface area contributed by atoms with Crippen molar-refractivity contribution in [1.82, 2.24) is 0 Å². The number of quaternary nitrogens is 1. The highest BCUT2D eigenvalue weighted by Crippen LogP contribution is 2.14. The molecule has 0 heterocycles. The topological polar surface area (TPSA) is 101 Å². The molecule has 0 spiro atoms. The van der Waals surface area contributed by atoms with Crippen LogP contribution < -0.4 is 5.11 Å². The molecule has 0 atom stereocenters. The molecule has 6 heteroatoms. The van der Waals surface area contributed by atoms with Crippen LogP contribution in [0.5, 0.6) is 0 Å². The Balaban J connectivity index is 3.49. The molecule has 0 saturated carbocycles. The van der Waals surface area contributed by atoms with Crippen molar-refractivity contribution in [3.05, 3.63) is 0 Å². The van der Waals surface area contributed by atoms with E-state index in [1.165, 1.54) is 57.8 Å². The van der Waals surface area contributed by atoms with E-state index in [1.54, 1.807) is 0 Å². The molecule has 168 valence electrons. The summed E-state index contributed by atoms with van der Waals surface area (Å²) in [5.74, 6) is -0.932. The third-order valence-corrected chi connectivity index (χ3v) is 5.74. The Morgan fingerprint density at radius 3 is 1.18 bits per heavy atom. The molecule has 0 unspecified atom stereocenters. The first kappa shape index (κ1) is 27.3. The molecule has 0 aliphatic rings. The number of unbranched alkanes of at least 4 members (excludes halogenated alkanes) is 12. The fourth-order valence-electron chi connectivity index (χ4n) is 3.97. The monoisotopic (exact) mass is 403 g/mol. The fourth-order valence-corrected chi connectivity index (χ4v) is 3.97. The summed E-state index contributed by atoms with van der Waals surface area (Å²) >= 11 is 0. The smallest absolute Gasteiger partial charge is 0.102 e. The van der Waals surface area contributed by atoms with Crippen LogP contribution in [0.2, 0.25) is 0 Å². The molecule has 28 heavy (non-hydrogen) atoms. The maximum Gasteiger partial charge on any atom is 0.102 e. The van der Waals surface area contributed by atoms with Crippen molar-refractivity contribution in [2.45, 2.75) is 89.9 Å². The van der Waals surface area contributed by atoms with E-state index in [-0.39, 0.29) is 26.2 Å². The SMILES string of the molecule is O=C([O-])CCCCCCCCCCCCCCC[N+](CCO)(CCO)CCO. The predicted octanol–water partition coefficient (Wildman–Crippen LogP) is 1.99. The first-order valence-electron chi connectivity index (χ1n) is 11.5. The predicted molar refractivity (Wildman–Crippen MR) is 111 cm³/mol. The first-order valence-corrected chi connectivity index (χ1v) is 11.5. The lowest BCUT2D eigenvalue weighted by molar-refractivity contribution is -0.929. The summed E-state index contributed by atoms with van der Waals surface area (Å²) in [5, 5.41) is 38.2. The maximum absolute atomic E-state index is 10.3. The summed E-state index contributed by atoms with van der Waals surface area (Å²) in [5.41, 5.74) is 0. The van der Waals surface area contributed by atoms with E-state index in [0.717, 1.165) is 32.2 Å². The Morgan fingerprint density at radius 2 is 0.857 bits per heavy atom. The number of carboxylic acids is 1. The van der Waals surface area contributed by atoms with E-state index in [1.807, 2.05) is 0 Å². The second-order valence-corrected chi connectivity index (χ2v) is 8.13. The Hall–Kier alpha value is -0.690. The van der Waals surface area contributed by atoms with E-state index < -0.39 is 5.97 Å². The molecule has 0 saturated heterocycles. The second-order valence-electron chi connectivity index (χ2n) is 8.13. The summed E-state index contributed by atoms with van der Waals surface area (Å²) in [6, 6.07) is 0. The van der Waals surface area contributed by atoms with Crippen molar-refractivity contribution in [1.29, 1.82) is 0 Å². The van der Waals surface area contributed by atoms with Gasteiger partial charge in [0.05, 0.1) is 26.4 Å². The van der Waals surface area contributed by atoms with Gasteiger partial charge >= 0.3 is 0 Å². The third-order valence-electron chi connectivity index (χ3n) is 5.74. The van der Waals surface area contributed by atoms with E-state index in [4.69, 9.17) is 0 Å². The number of rotatable bonds is 22. The maximum atomic E-state index is 10.3. The third kappa shape index (κ3) is 16.3. The minimum atomic E-state index is -0.932. The minimum absolute atomic E-state index is 0.0970. The molecule has 0 radical (unpaired) electrons. The molecule has 0 aliphatic heterocycles. The molecule has 0 amide bonds. The van der Waals surface area contributed by atoms with Crippen LogP contribution in [-0.2, 0) is 4.79 Å². The lowest BCUT2D eigenvalue weighted by Gasteiger charge is -2.37. The number of hydrogen-bond donors (Lipinski definition) is 3. The molecule has 0 fully saturated rings.